The summed E-state index contributed by atoms with van der Waals surface area (Å²) < 4.78 is 58.5. The second-order valence-electron chi connectivity index (χ2n) is 9.50. The Morgan fingerprint density at radius 1 is 1.24 bits per heavy atom. The standard InChI is InChI=1S/C24H24F4N4O/c1-12-20-16(10-32(22(12)33)18-9-24(28)7-14(18)8-24)21(30-11-29-20)31-13(2)15-5-4-6-17(19(15)25)23(3,26)27/h4-6,10-11,13-14,18H,7-9H2,1-3H3,(H,29,30,31)/t13-,14?,18?,24?/m1/s1. The van der Waals surface area contributed by atoms with Crippen LogP contribution in [0.1, 0.15) is 61.9 Å². The highest BCUT2D eigenvalue weighted by Crippen LogP contribution is 2.59. The molecule has 5 nitrogen and oxygen atoms in total. The average molecular weight is 460 g/mol. The van der Waals surface area contributed by atoms with Crippen LogP contribution in [-0.2, 0) is 5.92 Å². The van der Waals surface area contributed by atoms with Crippen LogP contribution in [0.5, 0.6) is 0 Å². The van der Waals surface area contributed by atoms with Gasteiger partial charge in [0.05, 0.1) is 22.5 Å². The van der Waals surface area contributed by atoms with E-state index >= 15 is 0 Å². The topological polar surface area (TPSA) is 59.8 Å². The molecule has 3 aliphatic carbocycles. The quantitative estimate of drug-likeness (QED) is 0.505. The van der Waals surface area contributed by atoms with Crippen LogP contribution >= 0.6 is 0 Å². The Morgan fingerprint density at radius 3 is 2.61 bits per heavy atom. The van der Waals surface area contributed by atoms with Crippen molar-refractivity contribution in [3.05, 3.63) is 63.6 Å². The number of nitrogens with zero attached hydrogens (tertiary/aromatic N) is 3. The fraction of sp³-hybridized carbons (Fsp3) is 0.458. The zero-order valence-corrected chi connectivity index (χ0v) is 18.5. The van der Waals surface area contributed by atoms with Crippen molar-refractivity contribution < 1.29 is 17.6 Å². The van der Waals surface area contributed by atoms with Gasteiger partial charge in [0.2, 0.25) is 0 Å². The molecule has 1 N–H and O–H groups in total. The molecule has 0 saturated heterocycles. The zero-order chi connectivity index (χ0) is 23.7. The molecule has 2 atom stereocenters. The molecule has 0 spiro atoms. The van der Waals surface area contributed by atoms with Crippen LogP contribution in [0.2, 0.25) is 0 Å². The normalized spacial score (nSPS) is 25.2. The number of halogens is 4. The predicted octanol–water partition coefficient (Wildman–Crippen LogP) is 5.59. The van der Waals surface area contributed by atoms with Gasteiger partial charge in [-0.3, -0.25) is 4.79 Å². The second-order valence-corrected chi connectivity index (χ2v) is 9.50. The third-order valence-corrected chi connectivity index (χ3v) is 7.12. The number of benzene rings is 1. The molecule has 0 radical (unpaired) electrons. The van der Waals surface area contributed by atoms with Crippen molar-refractivity contribution in [3.63, 3.8) is 0 Å². The van der Waals surface area contributed by atoms with Crippen molar-refractivity contribution in [2.24, 2.45) is 5.92 Å². The first-order chi connectivity index (χ1) is 15.5. The van der Waals surface area contributed by atoms with Crippen LogP contribution in [0.15, 0.2) is 35.5 Å². The lowest BCUT2D eigenvalue weighted by atomic mass is 9.81. The molecule has 0 aliphatic heterocycles. The Hall–Kier alpha value is -2.97. The molecule has 6 rings (SSSR count). The molecule has 2 heterocycles. The number of hydrogen-bond acceptors (Lipinski definition) is 4. The summed E-state index contributed by atoms with van der Waals surface area (Å²) in [4.78, 5) is 21.5. The first-order valence-corrected chi connectivity index (χ1v) is 11.0. The van der Waals surface area contributed by atoms with Gasteiger partial charge in [0.15, 0.2) is 0 Å². The van der Waals surface area contributed by atoms with Gasteiger partial charge in [-0.15, -0.1) is 0 Å². The van der Waals surface area contributed by atoms with E-state index in [0.717, 1.165) is 6.07 Å². The maximum absolute atomic E-state index is 14.9. The molecule has 3 aliphatic rings. The fourth-order valence-corrected chi connectivity index (χ4v) is 5.36. The molecule has 174 valence electrons. The molecule has 3 aromatic rings. The van der Waals surface area contributed by atoms with Crippen molar-refractivity contribution in [2.75, 3.05) is 5.32 Å². The van der Waals surface area contributed by atoms with E-state index < -0.39 is 29.0 Å². The number of rotatable bonds is 5. The molecule has 1 unspecified atom stereocenters. The van der Waals surface area contributed by atoms with E-state index in [1.807, 2.05) is 0 Å². The molecule has 9 heteroatoms. The summed E-state index contributed by atoms with van der Waals surface area (Å²) in [6, 6.07) is 2.98. The summed E-state index contributed by atoms with van der Waals surface area (Å²) in [7, 11) is 0. The molecule has 3 saturated carbocycles. The Labute approximate surface area is 187 Å². The first-order valence-electron chi connectivity index (χ1n) is 11.0. The maximum Gasteiger partial charge on any atom is 0.273 e. The van der Waals surface area contributed by atoms with Crippen LogP contribution in [0.3, 0.4) is 0 Å². The predicted molar refractivity (Wildman–Crippen MR) is 117 cm³/mol. The van der Waals surface area contributed by atoms with Gasteiger partial charge < -0.3 is 9.88 Å². The van der Waals surface area contributed by atoms with Gasteiger partial charge in [0.1, 0.15) is 23.6 Å². The highest BCUT2D eigenvalue weighted by atomic mass is 19.3. The zero-order valence-electron chi connectivity index (χ0n) is 18.5. The summed E-state index contributed by atoms with van der Waals surface area (Å²) in [5, 5.41) is 3.63. The van der Waals surface area contributed by atoms with Crippen LogP contribution in [-0.4, -0.2) is 20.2 Å². The fourth-order valence-electron chi connectivity index (χ4n) is 5.36. The van der Waals surface area contributed by atoms with E-state index in [1.165, 1.54) is 18.5 Å². The number of pyridine rings is 1. The number of nitrogens with one attached hydrogen (secondary N) is 1. The third-order valence-electron chi connectivity index (χ3n) is 7.12. The largest absolute Gasteiger partial charge is 0.363 e. The van der Waals surface area contributed by atoms with Crippen molar-refractivity contribution >= 4 is 16.7 Å². The molecular weight excluding hydrogens is 436 g/mol. The van der Waals surface area contributed by atoms with E-state index in [-0.39, 0.29) is 23.1 Å². The van der Waals surface area contributed by atoms with Gasteiger partial charge in [-0.1, -0.05) is 18.2 Å². The minimum Gasteiger partial charge on any atom is -0.363 e. The van der Waals surface area contributed by atoms with Crippen LogP contribution in [0.25, 0.3) is 10.9 Å². The molecule has 0 amide bonds. The number of anilines is 1. The van der Waals surface area contributed by atoms with Crippen molar-refractivity contribution in [1.82, 2.24) is 14.5 Å². The number of aromatic nitrogens is 3. The lowest BCUT2D eigenvalue weighted by molar-refractivity contribution is 0.0136. The number of aryl methyl sites for hydroxylation is 1. The van der Waals surface area contributed by atoms with Crippen molar-refractivity contribution in [3.8, 4) is 0 Å². The van der Waals surface area contributed by atoms with Gasteiger partial charge in [0.25, 0.3) is 11.5 Å². The average Bonchev–Trinajstić information content (AvgIpc) is 3.23. The highest BCUT2D eigenvalue weighted by Gasteiger charge is 2.57. The van der Waals surface area contributed by atoms with E-state index in [1.54, 1.807) is 24.6 Å². The summed E-state index contributed by atoms with van der Waals surface area (Å²) in [5.41, 5.74) is -1.15. The smallest absolute Gasteiger partial charge is 0.273 e. The lowest BCUT2D eigenvalue weighted by Gasteiger charge is -2.30. The van der Waals surface area contributed by atoms with Gasteiger partial charge in [-0.05, 0) is 32.6 Å². The molecule has 33 heavy (non-hydrogen) atoms. The summed E-state index contributed by atoms with van der Waals surface area (Å²) in [5.74, 6) is -3.82. The molecule has 3 fully saturated rings. The van der Waals surface area contributed by atoms with Crippen LogP contribution in [0, 0.1) is 18.7 Å². The Balaban J connectivity index is 1.55. The maximum atomic E-state index is 14.9. The summed E-state index contributed by atoms with van der Waals surface area (Å²) in [6.07, 6.45) is 4.17. The third kappa shape index (κ3) is 3.48. The van der Waals surface area contributed by atoms with Gasteiger partial charge in [-0.25, -0.2) is 27.5 Å². The second kappa shape index (κ2) is 7.27. The van der Waals surface area contributed by atoms with Gasteiger partial charge in [0, 0.05) is 36.7 Å². The Morgan fingerprint density at radius 2 is 1.97 bits per heavy atom. The number of fused-ring (bicyclic) bond motifs is 2. The highest BCUT2D eigenvalue weighted by molar-refractivity contribution is 5.90. The SMILES string of the molecule is Cc1c(=O)n(C2CC3(F)CC2C3)cc2c(N[C@H](C)c3cccc(C(C)(F)F)c3F)ncnc12. The van der Waals surface area contributed by atoms with E-state index in [4.69, 9.17) is 0 Å². The monoisotopic (exact) mass is 460 g/mol. The summed E-state index contributed by atoms with van der Waals surface area (Å²) >= 11 is 0. The molecule has 1 aromatic carbocycles. The number of alkyl halides is 3. The van der Waals surface area contributed by atoms with Gasteiger partial charge >= 0.3 is 0 Å². The van der Waals surface area contributed by atoms with E-state index in [9.17, 15) is 22.4 Å². The number of hydrogen-bond donors (Lipinski definition) is 1. The lowest BCUT2D eigenvalue weighted by Crippen LogP contribution is -2.31. The minimum absolute atomic E-state index is 0.0711. The van der Waals surface area contributed by atoms with Crippen LogP contribution in [0.4, 0.5) is 23.4 Å². The summed E-state index contributed by atoms with van der Waals surface area (Å²) in [6.45, 7) is 3.96. The van der Waals surface area contributed by atoms with Crippen molar-refractivity contribution in [2.45, 2.75) is 63.7 Å². The van der Waals surface area contributed by atoms with Crippen LogP contribution < -0.4 is 10.9 Å². The first kappa shape index (κ1) is 21.9. The molecule has 2 aromatic heterocycles. The molecular formula is C24H24F4N4O. The van der Waals surface area contributed by atoms with E-state index in [2.05, 4.69) is 15.3 Å². The van der Waals surface area contributed by atoms with E-state index in [0.29, 0.717) is 48.5 Å². The minimum atomic E-state index is -3.32. The van der Waals surface area contributed by atoms with Gasteiger partial charge in [-0.2, -0.15) is 0 Å². The Kier molecular flexibility index (Phi) is 4.81. The Bertz CT molecular complexity index is 1310. The molecule has 2 bridgehead atoms. The van der Waals surface area contributed by atoms with Crippen molar-refractivity contribution in [1.29, 1.82) is 0 Å².